The summed E-state index contributed by atoms with van der Waals surface area (Å²) in [4.78, 5) is 12.8. The molecule has 1 rings (SSSR count). The van der Waals surface area contributed by atoms with Gasteiger partial charge in [0.2, 0.25) is 6.17 Å². The molecular weight excluding hydrogens is 223 g/mol. The molecule has 7 heteroatoms. The Balaban J connectivity index is 3.16. The second-order valence-corrected chi connectivity index (χ2v) is 2.52. The van der Waals surface area contributed by atoms with Crippen LogP contribution in [0.2, 0.25) is 0 Å². The van der Waals surface area contributed by atoms with E-state index >= 15 is 0 Å². The van der Waals surface area contributed by atoms with Crippen LogP contribution in [0.5, 0.6) is 0 Å². The number of alkyl halides is 1. The molecule has 2 nitrogen and oxygen atoms in total. The van der Waals surface area contributed by atoms with Crippen molar-refractivity contribution < 1.29 is 31.8 Å². The Kier molecular flexibility index (Phi) is 3.23. The molecule has 0 aliphatic heterocycles. The fourth-order valence-electron chi connectivity index (χ4n) is 0.903. The fourth-order valence-corrected chi connectivity index (χ4v) is 0.903. The summed E-state index contributed by atoms with van der Waals surface area (Å²) in [6.07, 6.45) is -2.84. The minimum Gasteiger partial charge on any atom is -0.251 e. The zero-order valence-corrected chi connectivity index (χ0v) is 6.94. The van der Waals surface area contributed by atoms with Crippen LogP contribution in [0, 0.1) is 17.5 Å². The molecule has 82 valence electrons. The molecule has 0 N–H and O–H groups in total. The van der Waals surface area contributed by atoms with Gasteiger partial charge in [0.1, 0.15) is 0 Å². The Labute approximate surface area is 80.2 Å². The van der Waals surface area contributed by atoms with Gasteiger partial charge in [-0.05, 0) is 12.1 Å². The summed E-state index contributed by atoms with van der Waals surface area (Å²) in [6, 6.07) is 0.890. The average molecular weight is 226 g/mol. The Morgan fingerprint density at radius 2 is 1.80 bits per heavy atom. The number of halogens is 5. The predicted octanol–water partition coefficient (Wildman–Crippen LogP) is 2.54. The van der Waals surface area contributed by atoms with E-state index in [-0.39, 0.29) is 0 Å². The van der Waals surface area contributed by atoms with Crippen LogP contribution in [0.3, 0.4) is 0 Å². The predicted molar refractivity (Wildman–Crippen MR) is 37.4 cm³/mol. The molecule has 0 amide bonds. The molecule has 1 aromatic rings. The SMILES string of the molecule is O=C(OF)C(F)c1ccc(F)c(F)c1F. The number of carbonyl (C=O) groups excluding carboxylic acids is 1. The van der Waals surface area contributed by atoms with E-state index in [0.29, 0.717) is 12.1 Å². The highest BCUT2D eigenvalue weighted by Crippen LogP contribution is 2.25. The first-order chi connectivity index (χ1) is 6.99. The third-order valence-electron chi connectivity index (χ3n) is 1.62. The maximum atomic E-state index is 12.9. The Bertz CT molecular complexity index is 393. The number of hydrogen-bond acceptors (Lipinski definition) is 2. The summed E-state index contributed by atoms with van der Waals surface area (Å²) >= 11 is 0. The molecule has 0 spiro atoms. The molecule has 0 bridgehead atoms. The van der Waals surface area contributed by atoms with Crippen molar-refractivity contribution in [1.29, 1.82) is 0 Å². The van der Waals surface area contributed by atoms with Crippen molar-refractivity contribution >= 4 is 5.97 Å². The third-order valence-corrected chi connectivity index (χ3v) is 1.62. The Morgan fingerprint density at radius 3 is 2.33 bits per heavy atom. The van der Waals surface area contributed by atoms with Crippen LogP contribution in [-0.4, -0.2) is 5.97 Å². The van der Waals surface area contributed by atoms with Gasteiger partial charge in [0.15, 0.2) is 17.5 Å². The highest BCUT2D eigenvalue weighted by Gasteiger charge is 2.28. The first kappa shape index (κ1) is 11.4. The van der Waals surface area contributed by atoms with Gasteiger partial charge in [0, 0.05) is 10.1 Å². The summed E-state index contributed by atoms with van der Waals surface area (Å²) < 4.78 is 61.9. The molecule has 0 radical (unpaired) electrons. The largest absolute Gasteiger partial charge is 0.387 e. The van der Waals surface area contributed by atoms with Gasteiger partial charge in [-0.2, -0.15) is 0 Å². The third kappa shape index (κ3) is 2.05. The summed E-state index contributed by atoms with van der Waals surface area (Å²) in [6.45, 7) is 0. The van der Waals surface area contributed by atoms with Crippen molar-refractivity contribution in [1.82, 2.24) is 0 Å². The molecule has 0 saturated heterocycles. The van der Waals surface area contributed by atoms with Crippen molar-refractivity contribution in [2.45, 2.75) is 6.17 Å². The van der Waals surface area contributed by atoms with Crippen LogP contribution in [0.4, 0.5) is 22.1 Å². The molecule has 0 aliphatic rings. The molecule has 0 aromatic heterocycles. The summed E-state index contributed by atoms with van der Waals surface area (Å²) in [5.41, 5.74) is -1.13. The number of benzene rings is 1. The van der Waals surface area contributed by atoms with Crippen LogP contribution in [-0.2, 0) is 9.74 Å². The topological polar surface area (TPSA) is 26.3 Å². The first-order valence-electron chi connectivity index (χ1n) is 3.59. The van der Waals surface area contributed by atoms with E-state index in [2.05, 4.69) is 4.94 Å². The van der Waals surface area contributed by atoms with E-state index in [1.807, 2.05) is 0 Å². The maximum Gasteiger partial charge on any atom is 0.387 e. The van der Waals surface area contributed by atoms with Crippen molar-refractivity contribution in [3.8, 4) is 0 Å². The van der Waals surface area contributed by atoms with Gasteiger partial charge < -0.3 is 0 Å². The van der Waals surface area contributed by atoms with Crippen LogP contribution in [0.15, 0.2) is 12.1 Å². The minimum atomic E-state index is -2.84. The zero-order chi connectivity index (χ0) is 11.6. The smallest absolute Gasteiger partial charge is 0.251 e. The summed E-state index contributed by atoms with van der Waals surface area (Å²) in [5.74, 6) is -7.42. The number of carbonyl (C=O) groups is 1. The summed E-state index contributed by atoms with van der Waals surface area (Å²) in [7, 11) is 0. The second-order valence-electron chi connectivity index (χ2n) is 2.52. The van der Waals surface area contributed by atoms with E-state index in [0.717, 1.165) is 0 Å². The van der Waals surface area contributed by atoms with E-state index in [9.17, 15) is 26.9 Å². The van der Waals surface area contributed by atoms with Crippen LogP contribution < -0.4 is 0 Å². The van der Waals surface area contributed by atoms with Crippen molar-refractivity contribution in [2.24, 2.45) is 0 Å². The lowest BCUT2D eigenvalue weighted by molar-refractivity contribution is -0.190. The lowest BCUT2D eigenvalue weighted by atomic mass is 10.1. The highest BCUT2D eigenvalue weighted by molar-refractivity contribution is 5.75. The molecule has 0 heterocycles. The van der Waals surface area contributed by atoms with Crippen molar-refractivity contribution in [3.05, 3.63) is 35.1 Å². The van der Waals surface area contributed by atoms with E-state index < -0.39 is 35.2 Å². The molecule has 0 aliphatic carbocycles. The minimum absolute atomic E-state index is 0.409. The van der Waals surface area contributed by atoms with Crippen LogP contribution in [0.1, 0.15) is 11.7 Å². The molecule has 0 saturated carbocycles. The fraction of sp³-hybridized carbons (Fsp3) is 0.125. The van der Waals surface area contributed by atoms with Gasteiger partial charge >= 0.3 is 5.97 Å². The van der Waals surface area contributed by atoms with Gasteiger partial charge in [0.05, 0.1) is 0 Å². The first-order valence-corrected chi connectivity index (χ1v) is 3.59. The molecule has 0 fully saturated rings. The van der Waals surface area contributed by atoms with Crippen molar-refractivity contribution in [3.63, 3.8) is 0 Å². The van der Waals surface area contributed by atoms with Crippen LogP contribution in [0.25, 0.3) is 0 Å². The molecular formula is C8H3F5O2. The maximum absolute atomic E-state index is 12.9. The van der Waals surface area contributed by atoms with Gasteiger partial charge in [-0.3, -0.25) is 4.94 Å². The quantitative estimate of drug-likeness (QED) is 0.572. The van der Waals surface area contributed by atoms with Gasteiger partial charge in [0.25, 0.3) is 0 Å². The normalized spacial score (nSPS) is 12.3. The highest BCUT2D eigenvalue weighted by atomic mass is 19.3. The molecule has 1 unspecified atom stereocenters. The molecule has 15 heavy (non-hydrogen) atoms. The van der Waals surface area contributed by atoms with Crippen LogP contribution >= 0.6 is 0 Å². The van der Waals surface area contributed by atoms with E-state index in [4.69, 9.17) is 0 Å². The number of rotatable bonds is 2. The van der Waals surface area contributed by atoms with Gasteiger partial charge in [-0.1, -0.05) is 0 Å². The lowest BCUT2D eigenvalue weighted by Crippen LogP contribution is -2.11. The van der Waals surface area contributed by atoms with Gasteiger partial charge in [-0.15, -0.1) is 0 Å². The zero-order valence-electron chi connectivity index (χ0n) is 6.94. The second kappa shape index (κ2) is 4.24. The lowest BCUT2D eigenvalue weighted by Gasteiger charge is -2.06. The number of hydrogen-bond donors (Lipinski definition) is 0. The van der Waals surface area contributed by atoms with Crippen molar-refractivity contribution in [2.75, 3.05) is 0 Å². The summed E-state index contributed by atoms with van der Waals surface area (Å²) in [5, 5.41) is 0. The van der Waals surface area contributed by atoms with Gasteiger partial charge in [-0.25, -0.2) is 22.4 Å². The Hall–Kier alpha value is -1.66. The van der Waals surface area contributed by atoms with E-state index in [1.54, 1.807) is 0 Å². The molecule has 1 atom stereocenters. The average Bonchev–Trinajstić information content (AvgIpc) is 2.24. The monoisotopic (exact) mass is 226 g/mol. The standard InChI is InChI=1S/C8H3F5O2/c9-4-2-1-3(5(10)7(4)12)6(11)8(14)15-13/h1-2,6H. The van der Waals surface area contributed by atoms with E-state index in [1.165, 1.54) is 0 Å². The Morgan fingerprint density at radius 1 is 1.20 bits per heavy atom. The molecule has 1 aromatic carbocycles.